The molecule has 0 fully saturated rings. The number of nitrogen functional groups attached to an aromatic ring is 1. The second kappa shape index (κ2) is 6.22. The molecule has 0 spiro atoms. The summed E-state index contributed by atoms with van der Waals surface area (Å²) in [5, 5.41) is 0. The number of benzene rings is 1. The van der Waals surface area contributed by atoms with E-state index in [-0.39, 0.29) is 12.4 Å². The minimum absolute atomic E-state index is 0.0297. The molecule has 0 aliphatic rings. The van der Waals surface area contributed by atoms with Crippen molar-refractivity contribution in [2.75, 3.05) is 24.6 Å². The van der Waals surface area contributed by atoms with Crippen LogP contribution in [-0.2, 0) is 14.8 Å². The van der Waals surface area contributed by atoms with Crippen LogP contribution in [0.3, 0.4) is 0 Å². The number of sulfonamides is 1. The number of hydrogen-bond donors (Lipinski definition) is 3. The number of carbonyl (C=O) groups excluding carboxylic acids is 1. The van der Waals surface area contributed by atoms with Gasteiger partial charge < -0.3 is 16.2 Å². The minimum atomic E-state index is -3.56. The third-order valence-electron chi connectivity index (χ3n) is 1.97. The SMILES string of the molecule is NC(=O)CNS(=O)(=O)CCOc1ccc(N)cc1. The molecule has 1 aromatic rings. The van der Waals surface area contributed by atoms with Gasteiger partial charge in [0.05, 0.1) is 12.3 Å². The Morgan fingerprint density at radius 3 is 2.44 bits per heavy atom. The van der Waals surface area contributed by atoms with Gasteiger partial charge in [-0.3, -0.25) is 4.79 Å². The second-order valence-corrected chi connectivity index (χ2v) is 5.45. The molecule has 0 radical (unpaired) electrons. The van der Waals surface area contributed by atoms with Crippen molar-refractivity contribution in [2.45, 2.75) is 0 Å². The van der Waals surface area contributed by atoms with E-state index >= 15 is 0 Å². The number of amides is 1. The van der Waals surface area contributed by atoms with E-state index in [1.807, 2.05) is 0 Å². The first-order chi connectivity index (χ1) is 8.39. The zero-order chi connectivity index (χ0) is 13.6. The Morgan fingerprint density at radius 2 is 1.89 bits per heavy atom. The molecular formula is C10H15N3O4S. The standard InChI is InChI=1S/C10H15N3O4S/c11-8-1-3-9(4-2-8)17-5-6-18(15,16)13-7-10(12)14/h1-4,13H,5-7,11H2,(H2,12,14). The zero-order valence-electron chi connectivity index (χ0n) is 9.63. The predicted molar refractivity (Wildman–Crippen MR) is 67.3 cm³/mol. The highest BCUT2D eigenvalue weighted by atomic mass is 32.2. The van der Waals surface area contributed by atoms with Gasteiger partial charge in [-0.05, 0) is 24.3 Å². The molecule has 1 amide bonds. The number of primary amides is 1. The van der Waals surface area contributed by atoms with E-state index < -0.39 is 22.5 Å². The predicted octanol–water partition coefficient (Wildman–Crippen LogP) is -0.948. The Hall–Kier alpha value is -1.80. The molecule has 0 aliphatic carbocycles. The van der Waals surface area contributed by atoms with Gasteiger partial charge in [0.2, 0.25) is 15.9 Å². The fraction of sp³-hybridized carbons (Fsp3) is 0.300. The van der Waals surface area contributed by atoms with Crippen LogP contribution in [0.25, 0.3) is 0 Å². The van der Waals surface area contributed by atoms with Gasteiger partial charge in [0.15, 0.2) is 0 Å². The number of carbonyl (C=O) groups is 1. The molecule has 0 atom stereocenters. The topological polar surface area (TPSA) is 125 Å². The van der Waals surface area contributed by atoms with Crippen molar-refractivity contribution in [1.82, 2.24) is 4.72 Å². The molecule has 0 bridgehead atoms. The van der Waals surface area contributed by atoms with Gasteiger partial charge in [-0.25, -0.2) is 13.1 Å². The molecule has 0 aliphatic heterocycles. The molecule has 7 nitrogen and oxygen atoms in total. The summed E-state index contributed by atoms with van der Waals surface area (Å²) in [6.45, 7) is -0.442. The lowest BCUT2D eigenvalue weighted by molar-refractivity contribution is -0.116. The van der Waals surface area contributed by atoms with Crippen molar-refractivity contribution in [1.29, 1.82) is 0 Å². The molecule has 0 heterocycles. The maximum atomic E-state index is 11.4. The fourth-order valence-electron chi connectivity index (χ4n) is 1.09. The van der Waals surface area contributed by atoms with Gasteiger partial charge in [0.25, 0.3) is 0 Å². The van der Waals surface area contributed by atoms with Crippen molar-refractivity contribution >= 4 is 21.6 Å². The zero-order valence-corrected chi connectivity index (χ0v) is 10.4. The van der Waals surface area contributed by atoms with E-state index in [9.17, 15) is 13.2 Å². The monoisotopic (exact) mass is 273 g/mol. The molecule has 0 saturated carbocycles. The van der Waals surface area contributed by atoms with Crippen LogP contribution in [0.2, 0.25) is 0 Å². The number of nitrogens with two attached hydrogens (primary N) is 2. The molecule has 18 heavy (non-hydrogen) atoms. The van der Waals surface area contributed by atoms with Crippen LogP contribution in [0.1, 0.15) is 0 Å². The summed E-state index contributed by atoms with van der Waals surface area (Å²) in [6, 6.07) is 6.57. The van der Waals surface area contributed by atoms with Gasteiger partial charge in [-0.2, -0.15) is 0 Å². The molecule has 0 unspecified atom stereocenters. The lowest BCUT2D eigenvalue weighted by atomic mass is 10.3. The van der Waals surface area contributed by atoms with Crippen molar-refractivity contribution in [3.8, 4) is 5.75 Å². The molecule has 5 N–H and O–H groups in total. The highest BCUT2D eigenvalue weighted by Gasteiger charge is 2.11. The Balaban J connectivity index is 2.37. The number of anilines is 1. The van der Waals surface area contributed by atoms with Crippen LogP contribution in [0.5, 0.6) is 5.75 Å². The number of ether oxygens (including phenoxy) is 1. The Morgan fingerprint density at radius 1 is 1.28 bits per heavy atom. The van der Waals surface area contributed by atoms with Gasteiger partial charge in [0.1, 0.15) is 12.4 Å². The number of hydrogen-bond acceptors (Lipinski definition) is 5. The Bertz CT molecular complexity index is 498. The van der Waals surface area contributed by atoms with E-state index in [1.54, 1.807) is 24.3 Å². The summed E-state index contributed by atoms with van der Waals surface area (Å²) < 4.78 is 30.0. The summed E-state index contributed by atoms with van der Waals surface area (Å²) in [6.07, 6.45) is 0. The van der Waals surface area contributed by atoms with Gasteiger partial charge in [-0.1, -0.05) is 0 Å². The summed E-state index contributed by atoms with van der Waals surface area (Å²) in [5.74, 6) is -0.475. The quantitative estimate of drug-likeness (QED) is 0.552. The Labute approximate surface area is 105 Å². The van der Waals surface area contributed by atoms with Crippen molar-refractivity contribution in [3.63, 3.8) is 0 Å². The average molecular weight is 273 g/mol. The molecule has 8 heteroatoms. The highest BCUT2D eigenvalue weighted by molar-refractivity contribution is 7.89. The number of rotatable bonds is 7. The summed E-state index contributed by atoms with van der Waals surface area (Å²) in [5.41, 5.74) is 10.9. The summed E-state index contributed by atoms with van der Waals surface area (Å²) >= 11 is 0. The van der Waals surface area contributed by atoms with Crippen LogP contribution in [-0.4, -0.2) is 33.2 Å². The molecule has 1 rings (SSSR count). The molecule has 1 aromatic carbocycles. The summed E-state index contributed by atoms with van der Waals surface area (Å²) in [4.78, 5) is 10.4. The van der Waals surface area contributed by atoms with E-state index in [0.29, 0.717) is 11.4 Å². The lowest BCUT2D eigenvalue weighted by Gasteiger charge is -2.07. The van der Waals surface area contributed by atoms with E-state index in [4.69, 9.17) is 16.2 Å². The first-order valence-electron chi connectivity index (χ1n) is 5.13. The van der Waals surface area contributed by atoms with Crippen molar-refractivity contribution in [2.24, 2.45) is 5.73 Å². The van der Waals surface area contributed by atoms with Crippen molar-refractivity contribution < 1.29 is 17.9 Å². The first-order valence-corrected chi connectivity index (χ1v) is 6.78. The van der Waals surface area contributed by atoms with Crippen LogP contribution in [0, 0.1) is 0 Å². The van der Waals surface area contributed by atoms with Gasteiger partial charge >= 0.3 is 0 Å². The fourth-order valence-corrected chi connectivity index (χ4v) is 1.90. The second-order valence-electron chi connectivity index (χ2n) is 3.52. The summed E-state index contributed by atoms with van der Waals surface area (Å²) in [7, 11) is -3.56. The maximum absolute atomic E-state index is 11.4. The van der Waals surface area contributed by atoms with E-state index in [1.165, 1.54) is 0 Å². The lowest BCUT2D eigenvalue weighted by Crippen LogP contribution is -2.36. The maximum Gasteiger partial charge on any atom is 0.232 e. The highest BCUT2D eigenvalue weighted by Crippen LogP contribution is 2.12. The Kier molecular flexibility index (Phi) is 4.93. The van der Waals surface area contributed by atoms with Crippen LogP contribution >= 0.6 is 0 Å². The molecule has 100 valence electrons. The molecular weight excluding hydrogens is 258 g/mol. The average Bonchev–Trinajstić information content (AvgIpc) is 2.29. The van der Waals surface area contributed by atoms with E-state index in [2.05, 4.69) is 4.72 Å². The third-order valence-corrected chi connectivity index (χ3v) is 3.26. The normalized spacial score (nSPS) is 11.1. The third kappa shape index (κ3) is 5.51. The molecule has 0 aromatic heterocycles. The number of nitrogens with one attached hydrogen (secondary N) is 1. The minimum Gasteiger partial charge on any atom is -0.492 e. The van der Waals surface area contributed by atoms with Crippen LogP contribution in [0.4, 0.5) is 5.69 Å². The van der Waals surface area contributed by atoms with Crippen LogP contribution < -0.4 is 20.9 Å². The first kappa shape index (κ1) is 14.3. The van der Waals surface area contributed by atoms with Gasteiger partial charge in [-0.15, -0.1) is 0 Å². The van der Waals surface area contributed by atoms with E-state index in [0.717, 1.165) is 0 Å². The van der Waals surface area contributed by atoms with Crippen molar-refractivity contribution in [3.05, 3.63) is 24.3 Å². The van der Waals surface area contributed by atoms with Crippen LogP contribution in [0.15, 0.2) is 24.3 Å². The van der Waals surface area contributed by atoms with Gasteiger partial charge in [0, 0.05) is 5.69 Å². The largest absolute Gasteiger partial charge is 0.492 e. The molecule has 0 saturated heterocycles. The smallest absolute Gasteiger partial charge is 0.232 e.